The van der Waals surface area contributed by atoms with Gasteiger partial charge >= 0.3 is 207 Å². The minimum absolute atomic E-state index is 0.211. The van der Waals surface area contributed by atoms with Crippen LogP contribution in [0.1, 0.15) is 124 Å². The Labute approximate surface area is 206 Å². The summed E-state index contributed by atoms with van der Waals surface area (Å²) < 4.78 is 4.68. The van der Waals surface area contributed by atoms with Crippen LogP contribution in [0, 0.1) is 5.92 Å². The summed E-state index contributed by atoms with van der Waals surface area (Å²) in [4.78, 5) is 15.2. The van der Waals surface area contributed by atoms with Crippen molar-refractivity contribution in [3.8, 4) is 0 Å². The predicted octanol–water partition coefficient (Wildman–Crippen LogP) is 9.38. The number of hydrogen-bond donors (Lipinski definition) is 0. The molecule has 0 aliphatic heterocycles. The SMILES string of the molecule is CCCC[C](/C=C/C1CCCCC1)(CC(=O)N(C)C)[Sn]([CH2]CCC)([CH2]CCC)[CH2]CCC. The van der Waals surface area contributed by atoms with Gasteiger partial charge in [-0.05, 0) is 0 Å². The van der Waals surface area contributed by atoms with Crippen LogP contribution in [0.5, 0.6) is 0 Å². The Morgan fingerprint density at radius 3 is 1.78 bits per heavy atom. The molecule has 1 atom stereocenters. The Kier molecular flexibility index (Phi) is 15.6. The molecule has 1 unspecified atom stereocenters. The molecular formula is C29H57NOSn. The Morgan fingerprint density at radius 2 is 1.34 bits per heavy atom. The standard InChI is InChI=1S/C17H30NO.3C4H9.Sn/c1-4-5-9-16(14-17(19)18(2)3)13-12-15-10-7-6-8-11-15;3*1-3-4-2;/h12-13,15H,4-11,14H2,1-3H3;3*1,3-4H2,2H3;/b13-12+;;;;. The van der Waals surface area contributed by atoms with Gasteiger partial charge in [-0.25, -0.2) is 0 Å². The van der Waals surface area contributed by atoms with E-state index >= 15 is 0 Å². The minimum atomic E-state index is -2.70. The molecule has 1 aliphatic rings. The van der Waals surface area contributed by atoms with E-state index < -0.39 is 18.4 Å². The second kappa shape index (κ2) is 16.6. The van der Waals surface area contributed by atoms with Crippen molar-refractivity contribution in [2.24, 2.45) is 5.92 Å². The molecule has 0 N–H and O–H groups in total. The first-order chi connectivity index (χ1) is 15.4. The van der Waals surface area contributed by atoms with E-state index in [0.717, 1.165) is 12.3 Å². The van der Waals surface area contributed by atoms with E-state index in [1.54, 1.807) is 0 Å². The van der Waals surface area contributed by atoms with E-state index in [2.05, 4.69) is 39.8 Å². The van der Waals surface area contributed by atoms with Crippen molar-refractivity contribution in [2.45, 2.75) is 141 Å². The zero-order valence-corrected chi connectivity index (χ0v) is 25.7. The molecule has 32 heavy (non-hydrogen) atoms. The molecule has 3 heteroatoms. The van der Waals surface area contributed by atoms with Crippen LogP contribution < -0.4 is 0 Å². The molecule has 0 radical (unpaired) electrons. The fourth-order valence-corrected chi connectivity index (χ4v) is 26.1. The van der Waals surface area contributed by atoms with Gasteiger partial charge in [-0.2, -0.15) is 0 Å². The second-order valence-electron chi connectivity index (χ2n) is 11.1. The van der Waals surface area contributed by atoms with Crippen LogP contribution in [0.15, 0.2) is 12.2 Å². The van der Waals surface area contributed by atoms with Crippen molar-refractivity contribution in [1.29, 1.82) is 0 Å². The first kappa shape index (κ1) is 30.0. The van der Waals surface area contributed by atoms with Crippen LogP contribution in [0.3, 0.4) is 0 Å². The van der Waals surface area contributed by atoms with Crippen LogP contribution >= 0.6 is 0 Å². The quantitative estimate of drug-likeness (QED) is 0.130. The summed E-state index contributed by atoms with van der Waals surface area (Å²) in [6.07, 6.45) is 24.9. The van der Waals surface area contributed by atoms with E-state index in [-0.39, 0.29) is 3.43 Å². The maximum absolute atomic E-state index is 13.4. The van der Waals surface area contributed by atoms with Crippen molar-refractivity contribution in [1.82, 2.24) is 4.90 Å². The molecule has 1 saturated carbocycles. The number of amides is 1. The number of rotatable bonds is 17. The Balaban J connectivity index is 3.55. The Hall–Kier alpha value is 0.00870. The number of carbonyl (C=O) groups excluding carboxylic acids is 1. The van der Waals surface area contributed by atoms with Gasteiger partial charge in [0.15, 0.2) is 0 Å². The van der Waals surface area contributed by atoms with Gasteiger partial charge in [0.2, 0.25) is 0 Å². The van der Waals surface area contributed by atoms with Crippen molar-refractivity contribution >= 4 is 24.3 Å². The fourth-order valence-electron chi connectivity index (χ4n) is 6.09. The molecule has 1 rings (SSSR count). The van der Waals surface area contributed by atoms with Crippen molar-refractivity contribution in [3.63, 3.8) is 0 Å². The molecule has 2 nitrogen and oxygen atoms in total. The number of allylic oxidation sites excluding steroid dienone is 2. The number of carbonyl (C=O) groups is 1. The maximum atomic E-state index is 13.4. The average molecular weight is 554 g/mol. The molecule has 0 saturated heterocycles. The van der Waals surface area contributed by atoms with E-state index in [0.29, 0.717) is 5.91 Å². The van der Waals surface area contributed by atoms with Crippen molar-refractivity contribution in [2.75, 3.05) is 14.1 Å². The monoisotopic (exact) mass is 555 g/mol. The van der Waals surface area contributed by atoms with Crippen LogP contribution in [-0.4, -0.2) is 43.3 Å². The summed E-state index contributed by atoms with van der Waals surface area (Å²) in [5.74, 6) is 1.13. The van der Waals surface area contributed by atoms with Gasteiger partial charge in [0, 0.05) is 0 Å². The van der Waals surface area contributed by atoms with Gasteiger partial charge in [0.25, 0.3) is 0 Å². The van der Waals surface area contributed by atoms with E-state index in [4.69, 9.17) is 0 Å². The third kappa shape index (κ3) is 9.34. The van der Waals surface area contributed by atoms with Gasteiger partial charge in [0.1, 0.15) is 0 Å². The molecule has 0 aromatic carbocycles. The molecule has 1 amide bonds. The van der Waals surface area contributed by atoms with Crippen LogP contribution in [0.2, 0.25) is 16.7 Å². The second-order valence-corrected chi connectivity index (χ2v) is 25.5. The van der Waals surface area contributed by atoms with E-state index in [1.807, 2.05) is 19.0 Å². The Morgan fingerprint density at radius 1 is 0.844 bits per heavy atom. The zero-order valence-electron chi connectivity index (χ0n) is 22.8. The number of unbranched alkanes of at least 4 members (excludes halogenated alkanes) is 4. The van der Waals surface area contributed by atoms with Crippen LogP contribution in [0.4, 0.5) is 0 Å². The molecule has 0 aromatic rings. The molecule has 1 fully saturated rings. The molecule has 0 spiro atoms. The normalized spacial score (nSPS) is 17.6. The fraction of sp³-hybridized carbons (Fsp3) is 0.897. The predicted molar refractivity (Wildman–Crippen MR) is 146 cm³/mol. The molecule has 1 aliphatic carbocycles. The summed E-state index contributed by atoms with van der Waals surface area (Å²) in [6, 6.07) is 0. The topological polar surface area (TPSA) is 20.3 Å². The Bertz CT molecular complexity index is 501. The first-order valence-electron chi connectivity index (χ1n) is 14.3. The van der Waals surface area contributed by atoms with Crippen LogP contribution in [-0.2, 0) is 4.79 Å². The van der Waals surface area contributed by atoms with E-state index in [1.165, 1.54) is 103 Å². The third-order valence-electron chi connectivity index (χ3n) is 8.36. The van der Waals surface area contributed by atoms with Gasteiger partial charge in [0.05, 0.1) is 0 Å². The summed E-state index contributed by atoms with van der Waals surface area (Å²) >= 11 is -2.70. The molecule has 0 aromatic heterocycles. The van der Waals surface area contributed by atoms with Gasteiger partial charge in [-0.1, -0.05) is 0 Å². The summed E-state index contributed by atoms with van der Waals surface area (Å²) in [6.45, 7) is 9.44. The molecule has 0 bridgehead atoms. The summed E-state index contributed by atoms with van der Waals surface area (Å²) in [5, 5.41) is 0. The van der Waals surface area contributed by atoms with E-state index in [9.17, 15) is 4.79 Å². The van der Waals surface area contributed by atoms with Gasteiger partial charge < -0.3 is 0 Å². The number of nitrogens with zero attached hydrogens (tertiary/aromatic N) is 1. The van der Waals surface area contributed by atoms with Crippen molar-refractivity contribution < 1.29 is 4.79 Å². The van der Waals surface area contributed by atoms with Gasteiger partial charge in [-0.15, -0.1) is 0 Å². The molecule has 188 valence electrons. The third-order valence-corrected chi connectivity index (χ3v) is 27.3. The van der Waals surface area contributed by atoms with Crippen LogP contribution in [0.25, 0.3) is 0 Å². The molecular weight excluding hydrogens is 497 g/mol. The number of hydrogen-bond acceptors (Lipinski definition) is 1. The first-order valence-corrected chi connectivity index (χ1v) is 21.8. The molecule has 0 heterocycles. The summed E-state index contributed by atoms with van der Waals surface area (Å²) in [5.41, 5.74) is 0. The zero-order chi connectivity index (χ0) is 23.9. The van der Waals surface area contributed by atoms with Gasteiger partial charge in [-0.3, -0.25) is 0 Å². The average Bonchev–Trinajstić information content (AvgIpc) is 2.81. The summed E-state index contributed by atoms with van der Waals surface area (Å²) in [7, 11) is 3.94. The van der Waals surface area contributed by atoms with Crippen molar-refractivity contribution in [3.05, 3.63) is 12.2 Å².